The molecule has 6 heteroatoms. The van der Waals surface area contributed by atoms with E-state index in [9.17, 15) is 8.78 Å². The van der Waals surface area contributed by atoms with Crippen LogP contribution in [0.15, 0.2) is 6.20 Å². The Balaban J connectivity index is 2.98. The van der Waals surface area contributed by atoms with Crippen LogP contribution >= 0.6 is 34.2 Å². The number of alkyl halides is 2. The molecule has 0 amide bonds. The molecule has 0 saturated heterocycles. The molecule has 0 unspecified atom stereocenters. The maximum Gasteiger partial charge on any atom is 0.333 e. The van der Waals surface area contributed by atoms with Crippen molar-refractivity contribution in [3.05, 3.63) is 14.9 Å². The van der Waals surface area contributed by atoms with E-state index in [1.165, 1.54) is 0 Å². The summed E-state index contributed by atoms with van der Waals surface area (Å²) in [5, 5.41) is 3.68. The molecule has 10 heavy (non-hydrogen) atoms. The Morgan fingerprint density at radius 1 is 1.70 bits per heavy atom. The summed E-state index contributed by atoms with van der Waals surface area (Å²) >= 11 is 7.23. The van der Waals surface area contributed by atoms with Crippen molar-refractivity contribution in [1.29, 1.82) is 0 Å². The van der Waals surface area contributed by atoms with Crippen LogP contribution in [0.3, 0.4) is 0 Å². The Labute approximate surface area is 74.3 Å². The molecular formula is C4H2ClF2IN2. The molecule has 56 valence electrons. The second-order valence-electron chi connectivity index (χ2n) is 1.53. The monoisotopic (exact) mass is 278 g/mol. The van der Waals surface area contributed by atoms with E-state index in [0.717, 1.165) is 6.20 Å². The van der Waals surface area contributed by atoms with Gasteiger partial charge in [-0.2, -0.15) is 13.9 Å². The van der Waals surface area contributed by atoms with Gasteiger partial charge >= 0.3 is 6.55 Å². The van der Waals surface area contributed by atoms with Crippen LogP contribution in [0.4, 0.5) is 8.78 Å². The molecule has 0 fully saturated rings. The van der Waals surface area contributed by atoms with Crippen molar-refractivity contribution in [2.24, 2.45) is 0 Å². The minimum atomic E-state index is -2.61. The van der Waals surface area contributed by atoms with Crippen LogP contribution in [0.25, 0.3) is 0 Å². The van der Waals surface area contributed by atoms with Gasteiger partial charge in [-0.15, -0.1) is 0 Å². The van der Waals surface area contributed by atoms with Gasteiger partial charge in [-0.1, -0.05) is 11.6 Å². The molecule has 1 heterocycles. The second kappa shape index (κ2) is 3.00. The molecule has 0 spiro atoms. The fraction of sp³-hybridized carbons (Fsp3) is 0.250. The maximum atomic E-state index is 11.8. The van der Waals surface area contributed by atoms with Crippen LogP contribution in [0.1, 0.15) is 6.55 Å². The van der Waals surface area contributed by atoms with Gasteiger partial charge in [0.2, 0.25) is 0 Å². The molecular weight excluding hydrogens is 276 g/mol. The van der Waals surface area contributed by atoms with Crippen molar-refractivity contribution in [2.45, 2.75) is 6.55 Å². The Hall–Kier alpha value is 0.0900. The van der Waals surface area contributed by atoms with Gasteiger partial charge in [0.05, 0.1) is 11.2 Å². The molecule has 0 N–H and O–H groups in total. The van der Waals surface area contributed by atoms with Crippen LogP contribution in [0.2, 0.25) is 5.02 Å². The van der Waals surface area contributed by atoms with Crippen LogP contribution in [0.5, 0.6) is 0 Å². The minimum absolute atomic E-state index is 0.251. The molecule has 0 bridgehead atoms. The van der Waals surface area contributed by atoms with Gasteiger partial charge in [0.15, 0.2) is 0 Å². The Morgan fingerprint density at radius 3 is 2.50 bits per heavy atom. The summed E-state index contributed by atoms with van der Waals surface area (Å²) in [5.41, 5.74) is 0. The molecule has 0 saturated carbocycles. The molecule has 2 nitrogen and oxygen atoms in total. The summed E-state index contributed by atoms with van der Waals surface area (Å²) in [4.78, 5) is 0. The molecule has 0 aliphatic heterocycles. The van der Waals surface area contributed by atoms with E-state index in [0.29, 0.717) is 8.38 Å². The summed E-state index contributed by atoms with van der Waals surface area (Å²) in [6.07, 6.45) is 1.09. The largest absolute Gasteiger partial charge is 0.333 e. The zero-order valence-electron chi connectivity index (χ0n) is 4.56. The van der Waals surface area contributed by atoms with Crippen LogP contribution in [0, 0.1) is 3.70 Å². The quantitative estimate of drug-likeness (QED) is 0.722. The van der Waals surface area contributed by atoms with Crippen LogP contribution in [-0.2, 0) is 0 Å². The van der Waals surface area contributed by atoms with Crippen LogP contribution < -0.4 is 0 Å². The topological polar surface area (TPSA) is 17.8 Å². The SMILES string of the molecule is FC(F)n1cc(Cl)c(I)n1. The van der Waals surface area contributed by atoms with E-state index < -0.39 is 6.55 Å². The van der Waals surface area contributed by atoms with Gasteiger partial charge in [-0.25, -0.2) is 4.68 Å². The molecule has 0 atom stereocenters. The average molecular weight is 278 g/mol. The molecule has 1 rings (SSSR count). The lowest BCUT2D eigenvalue weighted by Crippen LogP contribution is -1.97. The predicted octanol–water partition coefficient (Wildman–Crippen LogP) is 2.54. The molecule has 0 aromatic carbocycles. The summed E-state index contributed by atoms with van der Waals surface area (Å²) in [6.45, 7) is -2.61. The lowest BCUT2D eigenvalue weighted by atomic mass is 10.7. The second-order valence-corrected chi connectivity index (χ2v) is 2.95. The van der Waals surface area contributed by atoms with Gasteiger partial charge in [0.1, 0.15) is 3.70 Å². The Kier molecular flexibility index (Phi) is 2.45. The first-order chi connectivity index (χ1) is 4.61. The standard InChI is InChI=1S/C4H2ClF2IN2/c5-2-1-10(4(6)7)9-3(2)8/h1,4H. The lowest BCUT2D eigenvalue weighted by molar-refractivity contribution is 0.0562. The number of hydrogen-bond acceptors (Lipinski definition) is 1. The number of halogens is 4. The summed E-state index contributed by atoms with van der Waals surface area (Å²) in [5.74, 6) is 0. The van der Waals surface area contributed by atoms with Gasteiger partial charge in [-0.3, -0.25) is 0 Å². The third-order valence-electron chi connectivity index (χ3n) is 0.846. The van der Waals surface area contributed by atoms with Crippen molar-refractivity contribution >= 4 is 34.2 Å². The van der Waals surface area contributed by atoms with E-state index in [2.05, 4.69) is 5.10 Å². The van der Waals surface area contributed by atoms with Crippen LogP contribution in [-0.4, -0.2) is 9.78 Å². The van der Waals surface area contributed by atoms with Gasteiger partial charge < -0.3 is 0 Å². The Morgan fingerprint density at radius 2 is 2.30 bits per heavy atom. The fourth-order valence-electron chi connectivity index (χ4n) is 0.447. The number of hydrogen-bond donors (Lipinski definition) is 0. The highest BCUT2D eigenvalue weighted by Crippen LogP contribution is 2.19. The third kappa shape index (κ3) is 1.57. The first-order valence-corrected chi connectivity index (χ1v) is 3.75. The zero-order valence-corrected chi connectivity index (χ0v) is 7.47. The van der Waals surface area contributed by atoms with Crippen molar-refractivity contribution < 1.29 is 8.78 Å². The van der Waals surface area contributed by atoms with E-state index in [4.69, 9.17) is 11.6 Å². The highest BCUT2D eigenvalue weighted by Gasteiger charge is 2.09. The number of nitrogens with zero attached hydrogens (tertiary/aromatic N) is 2. The van der Waals surface area contributed by atoms with E-state index in [1.807, 2.05) is 0 Å². The number of aromatic nitrogens is 2. The van der Waals surface area contributed by atoms with Gasteiger partial charge in [-0.05, 0) is 22.6 Å². The predicted molar refractivity (Wildman–Crippen MR) is 41.2 cm³/mol. The first kappa shape index (κ1) is 8.19. The fourth-order valence-corrected chi connectivity index (χ4v) is 0.974. The molecule has 1 aromatic rings. The summed E-state index contributed by atoms with van der Waals surface area (Å²) in [7, 11) is 0. The molecule has 0 radical (unpaired) electrons. The van der Waals surface area contributed by atoms with Crippen molar-refractivity contribution in [3.63, 3.8) is 0 Å². The molecule has 0 aliphatic carbocycles. The summed E-state index contributed by atoms with van der Waals surface area (Å²) < 4.78 is 24.5. The van der Waals surface area contributed by atoms with Crippen molar-refractivity contribution in [3.8, 4) is 0 Å². The smallest absolute Gasteiger partial charge is 0.209 e. The van der Waals surface area contributed by atoms with Gasteiger partial charge in [0, 0.05) is 0 Å². The maximum absolute atomic E-state index is 11.8. The lowest BCUT2D eigenvalue weighted by Gasteiger charge is -1.94. The highest BCUT2D eigenvalue weighted by atomic mass is 127. The zero-order chi connectivity index (χ0) is 7.72. The van der Waals surface area contributed by atoms with Crippen molar-refractivity contribution in [1.82, 2.24) is 9.78 Å². The first-order valence-electron chi connectivity index (χ1n) is 2.29. The van der Waals surface area contributed by atoms with Crippen molar-refractivity contribution in [2.75, 3.05) is 0 Å². The summed E-state index contributed by atoms with van der Waals surface area (Å²) in [6, 6.07) is 0. The van der Waals surface area contributed by atoms with Gasteiger partial charge in [0.25, 0.3) is 0 Å². The highest BCUT2D eigenvalue weighted by molar-refractivity contribution is 14.1. The molecule has 0 aliphatic rings. The normalized spacial score (nSPS) is 10.9. The molecule has 1 aromatic heterocycles. The number of rotatable bonds is 1. The Bertz CT molecular complexity index is 218. The minimum Gasteiger partial charge on any atom is -0.209 e. The van der Waals surface area contributed by atoms with E-state index in [-0.39, 0.29) is 5.02 Å². The average Bonchev–Trinajstić information content (AvgIpc) is 2.13. The van der Waals surface area contributed by atoms with E-state index >= 15 is 0 Å². The third-order valence-corrected chi connectivity index (χ3v) is 2.24. The van der Waals surface area contributed by atoms with E-state index in [1.54, 1.807) is 22.6 Å².